The maximum atomic E-state index is 9.87. The Morgan fingerprint density at radius 1 is 0.778 bits per heavy atom. The molecular weight excluding hydrogens is 283 g/mol. The minimum absolute atomic E-state index is 0.833. The van der Waals surface area contributed by atoms with Gasteiger partial charge in [0.15, 0.2) is 6.73 Å². The number of nitrogens with zero attached hydrogens (tertiary/aromatic N) is 1. The van der Waals surface area contributed by atoms with E-state index in [1.807, 2.05) is 0 Å². The second-order valence-electron chi connectivity index (χ2n) is 3.87. The summed E-state index contributed by atoms with van der Waals surface area (Å²) < 4.78 is 65.7. The van der Waals surface area contributed by atoms with E-state index in [1.54, 1.807) is 0 Å². The quantitative estimate of drug-likeness (QED) is 0.282. The summed E-state index contributed by atoms with van der Waals surface area (Å²) in [5.74, 6) is 0. The van der Waals surface area contributed by atoms with Crippen LogP contribution in [0.25, 0.3) is 0 Å². The molecule has 2 nitrogen and oxygen atoms in total. The van der Waals surface area contributed by atoms with Crippen LogP contribution in [0.5, 0.6) is 0 Å². The molecule has 0 fully saturated rings. The first kappa shape index (κ1) is 20.3. The van der Waals surface area contributed by atoms with Gasteiger partial charge in [0.25, 0.3) is 0 Å². The Hall–Kier alpha value is -0.0700. The summed E-state index contributed by atoms with van der Waals surface area (Å²) in [6.45, 7) is 14.0. The normalized spacial score (nSPS) is 16.3. The fourth-order valence-electron chi connectivity index (χ4n) is 1.23. The number of halogens is 6. The molecule has 0 heterocycles. The van der Waals surface area contributed by atoms with Gasteiger partial charge >= 0.3 is 33.0 Å². The first-order chi connectivity index (χ1) is 7.69. The zero-order valence-corrected chi connectivity index (χ0v) is 12.0. The van der Waals surface area contributed by atoms with Crippen LogP contribution in [-0.2, 0) is 4.74 Å². The Bertz CT molecular complexity index is 215. The molecule has 0 aromatic heterocycles. The summed E-state index contributed by atoms with van der Waals surface area (Å²) in [4.78, 5) is 0. The van der Waals surface area contributed by atoms with Crippen molar-refractivity contribution in [1.29, 1.82) is 0 Å². The average molecular weight is 305 g/mol. The SMILES string of the molecule is CCOC[N+](CC)(CC)CC.F[P-](F)(F)(F)(F)F. The summed E-state index contributed by atoms with van der Waals surface area (Å²) in [6.07, 6.45) is 0. The van der Waals surface area contributed by atoms with Crippen molar-refractivity contribution >= 4 is 7.81 Å². The Morgan fingerprint density at radius 3 is 1.22 bits per heavy atom. The molecule has 0 amide bonds. The minimum atomic E-state index is -10.7. The van der Waals surface area contributed by atoms with Crippen molar-refractivity contribution in [2.24, 2.45) is 0 Å². The van der Waals surface area contributed by atoms with Crippen LogP contribution in [0.3, 0.4) is 0 Å². The van der Waals surface area contributed by atoms with Crippen LogP contribution in [0.1, 0.15) is 27.7 Å². The fourth-order valence-corrected chi connectivity index (χ4v) is 1.23. The maximum absolute atomic E-state index is 10.7. The summed E-state index contributed by atoms with van der Waals surface area (Å²) >= 11 is 0. The molecule has 0 rings (SSSR count). The van der Waals surface area contributed by atoms with Crippen molar-refractivity contribution in [3.8, 4) is 0 Å². The summed E-state index contributed by atoms with van der Waals surface area (Å²) in [6, 6.07) is 0. The van der Waals surface area contributed by atoms with Crippen molar-refractivity contribution in [3.63, 3.8) is 0 Å². The number of hydrogen-bond acceptors (Lipinski definition) is 1. The van der Waals surface area contributed by atoms with E-state index in [1.165, 1.54) is 19.6 Å². The van der Waals surface area contributed by atoms with E-state index in [0.29, 0.717) is 0 Å². The third-order valence-electron chi connectivity index (χ3n) is 2.58. The monoisotopic (exact) mass is 305 g/mol. The number of quaternary nitrogens is 1. The van der Waals surface area contributed by atoms with E-state index in [2.05, 4.69) is 27.7 Å². The van der Waals surface area contributed by atoms with E-state index < -0.39 is 7.81 Å². The van der Waals surface area contributed by atoms with Gasteiger partial charge in [-0.2, -0.15) is 0 Å². The van der Waals surface area contributed by atoms with Gasteiger partial charge in [0.05, 0.1) is 19.6 Å². The molecule has 0 aliphatic carbocycles. The molecule has 0 atom stereocenters. The first-order valence-electron chi connectivity index (χ1n) is 5.68. The molecular formula is C9H22F6NOP. The third kappa shape index (κ3) is 18.3. The molecule has 0 saturated carbocycles. The first-order valence-corrected chi connectivity index (χ1v) is 7.71. The molecule has 0 radical (unpaired) electrons. The van der Waals surface area contributed by atoms with Crippen molar-refractivity contribution in [2.45, 2.75) is 27.7 Å². The molecule has 0 unspecified atom stereocenters. The van der Waals surface area contributed by atoms with Gasteiger partial charge in [0.1, 0.15) is 0 Å². The third-order valence-corrected chi connectivity index (χ3v) is 2.58. The van der Waals surface area contributed by atoms with Crippen LogP contribution in [0.15, 0.2) is 0 Å². The van der Waals surface area contributed by atoms with Gasteiger partial charge < -0.3 is 9.22 Å². The Morgan fingerprint density at radius 2 is 1.06 bits per heavy atom. The van der Waals surface area contributed by atoms with Gasteiger partial charge in [0, 0.05) is 6.61 Å². The standard InChI is InChI=1S/C9H22NO.F6P/c1-5-10(6-2,7-3)9-11-8-4;1-7(2,3,4,5)6/h5-9H2,1-4H3;/q+1;-1. The molecule has 0 aromatic rings. The zero-order chi connectivity index (χ0) is 15.2. The Labute approximate surface area is 104 Å². The molecule has 0 bridgehead atoms. The van der Waals surface area contributed by atoms with Crippen molar-refractivity contribution < 1.29 is 34.4 Å². The van der Waals surface area contributed by atoms with Crippen LogP contribution >= 0.6 is 7.81 Å². The molecule has 0 aliphatic heterocycles. The van der Waals surface area contributed by atoms with Crippen molar-refractivity contribution in [3.05, 3.63) is 0 Å². The van der Waals surface area contributed by atoms with Crippen LogP contribution < -0.4 is 0 Å². The van der Waals surface area contributed by atoms with Crippen LogP contribution in [0, 0.1) is 0 Å². The topological polar surface area (TPSA) is 9.23 Å². The van der Waals surface area contributed by atoms with Gasteiger partial charge in [-0.05, 0) is 27.7 Å². The number of ether oxygens (including phenoxy) is 1. The average Bonchev–Trinajstić information content (AvgIpc) is 2.16. The summed E-state index contributed by atoms with van der Waals surface area (Å²) in [5, 5.41) is 0. The fraction of sp³-hybridized carbons (Fsp3) is 1.00. The van der Waals surface area contributed by atoms with E-state index in [9.17, 15) is 25.2 Å². The molecule has 18 heavy (non-hydrogen) atoms. The molecule has 0 N–H and O–H groups in total. The molecule has 0 saturated heterocycles. The van der Waals surface area contributed by atoms with E-state index in [0.717, 1.165) is 17.8 Å². The van der Waals surface area contributed by atoms with Crippen LogP contribution in [0.2, 0.25) is 0 Å². The van der Waals surface area contributed by atoms with Crippen LogP contribution in [0.4, 0.5) is 25.2 Å². The second-order valence-corrected chi connectivity index (χ2v) is 5.79. The van der Waals surface area contributed by atoms with Gasteiger partial charge in [-0.15, -0.1) is 0 Å². The predicted octanol–water partition coefficient (Wildman–Crippen LogP) is 5.24. The van der Waals surface area contributed by atoms with Crippen LogP contribution in [-0.4, -0.2) is 37.5 Å². The van der Waals surface area contributed by atoms with Gasteiger partial charge in [-0.25, -0.2) is 0 Å². The Kier molecular flexibility index (Phi) is 6.67. The number of hydrogen-bond donors (Lipinski definition) is 0. The molecule has 0 aromatic carbocycles. The Balaban J connectivity index is 0. The van der Waals surface area contributed by atoms with E-state index >= 15 is 0 Å². The summed E-state index contributed by atoms with van der Waals surface area (Å²) in [5.41, 5.74) is 0. The molecule has 0 spiro atoms. The predicted molar refractivity (Wildman–Crippen MR) is 61.9 cm³/mol. The van der Waals surface area contributed by atoms with E-state index in [-0.39, 0.29) is 0 Å². The molecule has 9 heteroatoms. The van der Waals surface area contributed by atoms with Crippen molar-refractivity contribution in [2.75, 3.05) is 33.0 Å². The van der Waals surface area contributed by atoms with Crippen molar-refractivity contribution in [1.82, 2.24) is 0 Å². The van der Waals surface area contributed by atoms with Gasteiger partial charge in [-0.3, -0.25) is 0 Å². The second kappa shape index (κ2) is 5.92. The zero-order valence-electron chi connectivity index (χ0n) is 11.1. The number of rotatable bonds is 6. The van der Waals surface area contributed by atoms with Gasteiger partial charge in [-0.1, -0.05) is 0 Å². The van der Waals surface area contributed by atoms with Gasteiger partial charge in [0.2, 0.25) is 0 Å². The molecule has 0 aliphatic rings. The summed E-state index contributed by atoms with van der Waals surface area (Å²) in [7, 11) is -10.7. The van der Waals surface area contributed by atoms with E-state index in [4.69, 9.17) is 4.74 Å². The molecule has 116 valence electrons.